The molecule has 2 heterocycles. The van der Waals surface area contributed by atoms with Gasteiger partial charge in [-0.3, -0.25) is 14.9 Å². The van der Waals surface area contributed by atoms with Crippen LogP contribution < -0.4 is 5.32 Å². The van der Waals surface area contributed by atoms with Crippen molar-refractivity contribution in [2.75, 3.05) is 6.54 Å². The third kappa shape index (κ3) is 2.95. The number of amides is 1. The monoisotopic (exact) mass is 266 g/mol. The highest BCUT2D eigenvalue weighted by Gasteiger charge is 2.16. The molecule has 0 bridgehead atoms. The van der Waals surface area contributed by atoms with Crippen LogP contribution in [0.15, 0.2) is 33.4 Å². The summed E-state index contributed by atoms with van der Waals surface area (Å²) in [6.45, 7) is 0.462. The van der Waals surface area contributed by atoms with Gasteiger partial charge in [0, 0.05) is 6.54 Å². The SMILES string of the molecule is O=C(NCCc1ccsc1)c1ccc([N+](=O)[O-])o1. The number of hydrogen-bond donors (Lipinski definition) is 1. The van der Waals surface area contributed by atoms with Gasteiger partial charge in [-0.2, -0.15) is 11.3 Å². The predicted octanol–water partition coefficient (Wildman–Crippen LogP) is 2.22. The molecule has 0 unspecified atom stereocenters. The summed E-state index contributed by atoms with van der Waals surface area (Å²) in [6.07, 6.45) is 0.720. The van der Waals surface area contributed by atoms with E-state index in [-0.39, 0.29) is 5.76 Å². The summed E-state index contributed by atoms with van der Waals surface area (Å²) in [7, 11) is 0. The Morgan fingerprint density at radius 1 is 1.44 bits per heavy atom. The third-order valence-electron chi connectivity index (χ3n) is 2.27. The van der Waals surface area contributed by atoms with E-state index in [2.05, 4.69) is 5.32 Å². The van der Waals surface area contributed by atoms with Gasteiger partial charge in [0.25, 0.3) is 5.91 Å². The highest BCUT2D eigenvalue weighted by atomic mass is 32.1. The molecule has 94 valence electrons. The third-order valence-corrected chi connectivity index (χ3v) is 3.01. The first-order valence-corrected chi connectivity index (χ1v) is 6.14. The van der Waals surface area contributed by atoms with E-state index in [1.54, 1.807) is 11.3 Å². The Bertz CT molecular complexity index is 547. The molecule has 0 saturated carbocycles. The van der Waals surface area contributed by atoms with E-state index < -0.39 is 16.7 Å². The molecule has 0 aliphatic heterocycles. The van der Waals surface area contributed by atoms with Crippen molar-refractivity contribution in [1.82, 2.24) is 5.32 Å². The van der Waals surface area contributed by atoms with E-state index in [9.17, 15) is 14.9 Å². The lowest BCUT2D eigenvalue weighted by Gasteiger charge is -2.01. The molecule has 0 atom stereocenters. The van der Waals surface area contributed by atoms with Crippen molar-refractivity contribution in [3.05, 3.63) is 50.4 Å². The van der Waals surface area contributed by atoms with Crippen LogP contribution in [0.25, 0.3) is 0 Å². The van der Waals surface area contributed by atoms with Crippen molar-refractivity contribution >= 4 is 23.1 Å². The van der Waals surface area contributed by atoms with Gasteiger partial charge in [0.05, 0.1) is 6.07 Å². The molecule has 0 spiro atoms. The summed E-state index contributed by atoms with van der Waals surface area (Å²) in [6, 6.07) is 4.43. The fourth-order valence-corrected chi connectivity index (χ4v) is 2.09. The highest BCUT2D eigenvalue weighted by Crippen LogP contribution is 2.15. The minimum Gasteiger partial charge on any atom is -0.395 e. The van der Waals surface area contributed by atoms with Crippen molar-refractivity contribution in [1.29, 1.82) is 0 Å². The number of nitro groups is 1. The second-order valence-electron chi connectivity index (χ2n) is 3.53. The highest BCUT2D eigenvalue weighted by molar-refractivity contribution is 7.07. The van der Waals surface area contributed by atoms with E-state index in [0.29, 0.717) is 6.54 Å². The van der Waals surface area contributed by atoms with Gasteiger partial charge < -0.3 is 9.73 Å². The Morgan fingerprint density at radius 2 is 2.28 bits per heavy atom. The Balaban J connectivity index is 1.85. The van der Waals surface area contributed by atoms with Crippen molar-refractivity contribution in [2.45, 2.75) is 6.42 Å². The first-order valence-electron chi connectivity index (χ1n) is 5.20. The standard InChI is InChI=1S/C11H10N2O4S/c14-11(9-1-2-10(17-9)13(15)16)12-5-3-8-4-6-18-7-8/h1-2,4,6-7H,3,5H2,(H,12,14). The number of nitrogens with one attached hydrogen (secondary N) is 1. The lowest BCUT2D eigenvalue weighted by atomic mass is 10.2. The number of hydrogen-bond acceptors (Lipinski definition) is 5. The van der Waals surface area contributed by atoms with Crippen LogP contribution in [0, 0.1) is 10.1 Å². The minimum atomic E-state index is -0.678. The Labute approximate surface area is 106 Å². The summed E-state index contributed by atoms with van der Waals surface area (Å²) in [4.78, 5) is 21.3. The molecule has 0 aliphatic rings. The molecule has 2 rings (SSSR count). The van der Waals surface area contributed by atoms with Gasteiger partial charge in [-0.1, -0.05) is 0 Å². The molecule has 2 aromatic heterocycles. The van der Waals surface area contributed by atoms with Gasteiger partial charge in [0.1, 0.15) is 4.92 Å². The molecular formula is C11H10N2O4S. The zero-order chi connectivity index (χ0) is 13.0. The quantitative estimate of drug-likeness (QED) is 0.664. The van der Waals surface area contributed by atoms with Crippen molar-refractivity contribution < 1.29 is 14.1 Å². The normalized spacial score (nSPS) is 10.2. The molecular weight excluding hydrogens is 256 g/mol. The lowest BCUT2D eigenvalue weighted by molar-refractivity contribution is -0.402. The van der Waals surface area contributed by atoms with Crippen LogP contribution in [0.1, 0.15) is 16.1 Å². The molecule has 0 aliphatic carbocycles. The van der Waals surface area contributed by atoms with Gasteiger partial charge >= 0.3 is 5.88 Å². The smallest absolute Gasteiger partial charge is 0.395 e. The van der Waals surface area contributed by atoms with Gasteiger partial charge in [0.15, 0.2) is 5.76 Å². The zero-order valence-corrected chi connectivity index (χ0v) is 10.1. The van der Waals surface area contributed by atoms with E-state index in [4.69, 9.17) is 4.42 Å². The molecule has 0 fully saturated rings. The Kier molecular flexibility index (Phi) is 3.73. The fraction of sp³-hybridized carbons (Fsp3) is 0.182. The average Bonchev–Trinajstić information content (AvgIpc) is 2.99. The number of nitrogens with zero attached hydrogens (tertiary/aromatic N) is 1. The molecule has 18 heavy (non-hydrogen) atoms. The molecule has 2 aromatic rings. The molecule has 0 radical (unpaired) electrons. The zero-order valence-electron chi connectivity index (χ0n) is 9.29. The second-order valence-corrected chi connectivity index (χ2v) is 4.31. The Hall–Kier alpha value is -2.15. The first-order chi connectivity index (χ1) is 8.66. The summed E-state index contributed by atoms with van der Waals surface area (Å²) in [5.41, 5.74) is 1.14. The van der Waals surface area contributed by atoms with Gasteiger partial charge in [-0.25, -0.2) is 0 Å². The summed E-state index contributed by atoms with van der Waals surface area (Å²) in [5.74, 6) is -0.927. The van der Waals surface area contributed by atoms with E-state index >= 15 is 0 Å². The van der Waals surface area contributed by atoms with Crippen molar-refractivity contribution in [3.63, 3.8) is 0 Å². The average molecular weight is 266 g/mol. The molecule has 1 amide bonds. The number of rotatable bonds is 5. The van der Waals surface area contributed by atoms with E-state index in [1.807, 2.05) is 16.8 Å². The number of thiophene rings is 1. The van der Waals surface area contributed by atoms with E-state index in [0.717, 1.165) is 18.1 Å². The fourth-order valence-electron chi connectivity index (χ4n) is 1.39. The lowest BCUT2D eigenvalue weighted by Crippen LogP contribution is -2.25. The molecule has 0 saturated heterocycles. The van der Waals surface area contributed by atoms with Crippen LogP contribution in [-0.4, -0.2) is 17.4 Å². The molecule has 0 aromatic carbocycles. The topological polar surface area (TPSA) is 85.4 Å². The maximum Gasteiger partial charge on any atom is 0.433 e. The van der Waals surface area contributed by atoms with Crippen molar-refractivity contribution in [3.8, 4) is 0 Å². The summed E-state index contributed by atoms with van der Waals surface area (Å²) in [5, 5.41) is 17.0. The summed E-state index contributed by atoms with van der Waals surface area (Å²) < 4.78 is 4.79. The van der Waals surface area contributed by atoms with Gasteiger partial charge in [-0.15, -0.1) is 0 Å². The number of furan rings is 1. The predicted molar refractivity (Wildman–Crippen MR) is 65.7 cm³/mol. The van der Waals surface area contributed by atoms with Crippen LogP contribution in [0.5, 0.6) is 0 Å². The van der Waals surface area contributed by atoms with E-state index in [1.165, 1.54) is 6.07 Å². The Morgan fingerprint density at radius 3 is 2.89 bits per heavy atom. The maximum absolute atomic E-state index is 11.6. The molecule has 6 nitrogen and oxygen atoms in total. The molecule has 7 heteroatoms. The van der Waals surface area contributed by atoms with Gasteiger partial charge in [-0.05, 0) is 34.9 Å². The van der Waals surface area contributed by atoms with Crippen LogP contribution >= 0.6 is 11.3 Å². The van der Waals surface area contributed by atoms with Crippen LogP contribution in [0.4, 0.5) is 5.88 Å². The molecule has 1 N–H and O–H groups in total. The second kappa shape index (κ2) is 5.46. The first kappa shape index (κ1) is 12.3. The van der Waals surface area contributed by atoms with Gasteiger partial charge in [0.2, 0.25) is 0 Å². The van der Waals surface area contributed by atoms with Crippen LogP contribution in [-0.2, 0) is 6.42 Å². The number of carbonyl (C=O) groups excluding carboxylic acids is 1. The maximum atomic E-state index is 11.6. The van der Waals surface area contributed by atoms with Crippen LogP contribution in [0.3, 0.4) is 0 Å². The minimum absolute atomic E-state index is 0.0491. The largest absolute Gasteiger partial charge is 0.433 e. The van der Waals surface area contributed by atoms with Crippen molar-refractivity contribution in [2.24, 2.45) is 0 Å². The van der Waals surface area contributed by atoms with Crippen LogP contribution in [0.2, 0.25) is 0 Å². The summed E-state index contributed by atoms with van der Waals surface area (Å²) >= 11 is 1.60. The number of carbonyl (C=O) groups is 1.